The van der Waals surface area contributed by atoms with Crippen LogP contribution in [0.2, 0.25) is 0 Å². The summed E-state index contributed by atoms with van der Waals surface area (Å²) in [4.78, 5) is 13.0. The van der Waals surface area contributed by atoms with E-state index >= 15 is 0 Å². The van der Waals surface area contributed by atoms with Crippen molar-refractivity contribution < 1.29 is 19.0 Å². The zero-order chi connectivity index (χ0) is 16.3. The molecule has 0 bridgehead atoms. The molecule has 0 aliphatic heterocycles. The summed E-state index contributed by atoms with van der Waals surface area (Å²) in [6, 6.07) is 5.98. The lowest BCUT2D eigenvalue weighted by atomic mass is 9.70. The average molecular weight is 318 g/mol. The molecule has 0 amide bonds. The Kier molecular flexibility index (Phi) is 5.02. The van der Waals surface area contributed by atoms with Crippen LogP contribution < -0.4 is 4.74 Å². The lowest BCUT2D eigenvalue weighted by Gasteiger charge is -2.35. The van der Waals surface area contributed by atoms with E-state index in [1.807, 2.05) is 12.1 Å². The molecule has 4 nitrogen and oxygen atoms in total. The maximum atomic E-state index is 13.0. The fourth-order valence-corrected chi connectivity index (χ4v) is 3.92. The van der Waals surface area contributed by atoms with Gasteiger partial charge in [0.25, 0.3) is 0 Å². The van der Waals surface area contributed by atoms with Gasteiger partial charge in [-0.05, 0) is 49.8 Å². The predicted octanol–water partition coefficient (Wildman–Crippen LogP) is 3.42. The SMILES string of the molecule is COCCCOc1ccc2c(c1)C(=O)[C@]1(CC[C@H](OC)CC1)C2. The van der Waals surface area contributed by atoms with Gasteiger partial charge in [-0.15, -0.1) is 0 Å². The van der Waals surface area contributed by atoms with E-state index in [-0.39, 0.29) is 5.41 Å². The average Bonchev–Trinajstić information content (AvgIpc) is 2.85. The quantitative estimate of drug-likeness (QED) is 0.754. The Morgan fingerprint density at radius 1 is 1.17 bits per heavy atom. The number of ketones is 1. The molecule has 1 aromatic rings. The number of benzene rings is 1. The summed E-state index contributed by atoms with van der Waals surface area (Å²) in [5.74, 6) is 1.10. The van der Waals surface area contributed by atoms with Crippen LogP contribution in [0.4, 0.5) is 0 Å². The van der Waals surface area contributed by atoms with Crippen LogP contribution in [-0.2, 0) is 15.9 Å². The van der Waals surface area contributed by atoms with Gasteiger partial charge in [-0.3, -0.25) is 4.79 Å². The van der Waals surface area contributed by atoms with Crippen LogP contribution in [0.15, 0.2) is 18.2 Å². The fraction of sp³-hybridized carbons (Fsp3) is 0.632. The van der Waals surface area contributed by atoms with E-state index in [1.165, 1.54) is 5.56 Å². The maximum absolute atomic E-state index is 13.0. The summed E-state index contributed by atoms with van der Waals surface area (Å²) < 4.78 is 16.2. The molecule has 1 aromatic carbocycles. The molecule has 0 atom stereocenters. The van der Waals surface area contributed by atoms with Gasteiger partial charge < -0.3 is 14.2 Å². The van der Waals surface area contributed by atoms with E-state index in [0.717, 1.165) is 49.8 Å². The molecule has 0 unspecified atom stereocenters. The first-order chi connectivity index (χ1) is 11.2. The molecule has 2 aliphatic carbocycles. The minimum Gasteiger partial charge on any atom is -0.493 e. The van der Waals surface area contributed by atoms with Crippen molar-refractivity contribution in [2.45, 2.75) is 44.6 Å². The van der Waals surface area contributed by atoms with Crippen molar-refractivity contribution in [1.29, 1.82) is 0 Å². The number of hydrogen-bond donors (Lipinski definition) is 0. The minimum absolute atomic E-state index is 0.188. The fourth-order valence-electron chi connectivity index (χ4n) is 3.92. The van der Waals surface area contributed by atoms with Crippen LogP contribution in [0.3, 0.4) is 0 Å². The zero-order valence-electron chi connectivity index (χ0n) is 14.1. The van der Waals surface area contributed by atoms with Gasteiger partial charge in [0, 0.05) is 38.2 Å². The van der Waals surface area contributed by atoms with Crippen LogP contribution in [0.5, 0.6) is 5.75 Å². The van der Waals surface area contributed by atoms with Gasteiger partial charge in [0.15, 0.2) is 5.78 Å². The van der Waals surface area contributed by atoms with E-state index in [0.29, 0.717) is 25.1 Å². The number of ether oxygens (including phenoxy) is 3. The number of rotatable bonds is 6. The lowest BCUT2D eigenvalue weighted by molar-refractivity contribution is 0.0285. The van der Waals surface area contributed by atoms with E-state index in [2.05, 4.69) is 6.07 Å². The Bertz CT molecular complexity index is 558. The third kappa shape index (κ3) is 3.29. The topological polar surface area (TPSA) is 44.8 Å². The Morgan fingerprint density at radius 2 is 1.96 bits per heavy atom. The third-order valence-electron chi connectivity index (χ3n) is 5.32. The number of fused-ring (bicyclic) bond motifs is 1. The number of Topliss-reactive ketones (excluding diaryl/α,β-unsaturated/α-hetero) is 1. The van der Waals surface area contributed by atoms with Crippen molar-refractivity contribution in [3.05, 3.63) is 29.3 Å². The van der Waals surface area contributed by atoms with Crippen molar-refractivity contribution in [1.82, 2.24) is 0 Å². The van der Waals surface area contributed by atoms with Crippen molar-refractivity contribution >= 4 is 5.78 Å². The second-order valence-electron chi connectivity index (χ2n) is 6.74. The molecular weight excluding hydrogens is 292 g/mol. The van der Waals surface area contributed by atoms with Crippen molar-refractivity contribution in [3.63, 3.8) is 0 Å². The van der Waals surface area contributed by atoms with E-state index in [4.69, 9.17) is 14.2 Å². The summed E-state index contributed by atoms with van der Waals surface area (Å²) in [5.41, 5.74) is 1.85. The monoisotopic (exact) mass is 318 g/mol. The summed E-state index contributed by atoms with van der Waals surface area (Å²) in [6.07, 6.45) is 5.88. The number of hydrogen-bond acceptors (Lipinski definition) is 4. The van der Waals surface area contributed by atoms with Crippen LogP contribution >= 0.6 is 0 Å². The van der Waals surface area contributed by atoms with Crippen molar-refractivity contribution in [2.75, 3.05) is 27.4 Å². The highest BCUT2D eigenvalue weighted by atomic mass is 16.5. The second-order valence-corrected chi connectivity index (χ2v) is 6.74. The standard InChI is InChI=1S/C19H26O4/c1-21-10-3-11-23-16-5-4-14-13-19(18(20)17(14)12-16)8-6-15(22-2)7-9-19/h4-5,12,15H,3,6-11,13H2,1-2H3/t15-,19-. The van der Waals surface area contributed by atoms with Gasteiger partial charge in [-0.1, -0.05) is 6.07 Å². The molecule has 0 heterocycles. The molecule has 4 heteroatoms. The minimum atomic E-state index is -0.188. The number of carbonyl (C=O) groups is 1. The highest BCUT2D eigenvalue weighted by Crippen LogP contribution is 2.48. The van der Waals surface area contributed by atoms with Crippen LogP contribution in [0.25, 0.3) is 0 Å². The first kappa shape index (κ1) is 16.5. The highest BCUT2D eigenvalue weighted by Gasteiger charge is 2.47. The van der Waals surface area contributed by atoms with Gasteiger partial charge in [0.1, 0.15) is 5.75 Å². The molecule has 1 saturated carbocycles. The normalized spacial score (nSPS) is 26.5. The summed E-state index contributed by atoms with van der Waals surface area (Å²) in [7, 11) is 3.45. The van der Waals surface area contributed by atoms with Crippen molar-refractivity contribution in [3.8, 4) is 5.75 Å². The lowest BCUT2D eigenvalue weighted by Crippen LogP contribution is -2.35. The Hall–Kier alpha value is -1.39. The molecular formula is C19H26O4. The smallest absolute Gasteiger partial charge is 0.169 e. The third-order valence-corrected chi connectivity index (χ3v) is 5.32. The molecule has 3 rings (SSSR count). The zero-order valence-corrected chi connectivity index (χ0v) is 14.1. The molecule has 0 N–H and O–H groups in total. The second kappa shape index (κ2) is 7.02. The summed E-state index contributed by atoms with van der Waals surface area (Å²) in [5, 5.41) is 0. The Balaban J connectivity index is 1.68. The van der Waals surface area contributed by atoms with Gasteiger partial charge in [-0.2, -0.15) is 0 Å². The number of methoxy groups -OCH3 is 2. The van der Waals surface area contributed by atoms with Gasteiger partial charge >= 0.3 is 0 Å². The van der Waals surface area contributed by atoms with E-state index in [9.17, 15) is 4.79 Å². The van der Waals surface area contributed by atoms with Gasteiger partial charge in [0.05, 0.1) is 12.7 Å². The van der Waals surface area contributed by atoms with Gasteiger partial charge in [0.2, 0.25) is 0 Å². The first-order valence-corrected chi connectivity index (χ1v) is 8.51. The predicted molar refractivity (Wildman–Crippen MR) is 88.2 cm³/mol. The molecule has 2 aliphatic rings. The van der Waals surface area contributed by atoms with Gasteiger partial charge in [-0.25, -0.2) is 0 Å². The first-order valence-electron chi connectivity index (χ1n) is 8.51. The van der Waals surface area contributed by atoms with Crippen LogP contribution in [0.1, 0.15) is 48.0 Å². The maximum Gasteiger partial charge on any atom is 0.169 e. The van der Waals surface area contributed by atoms with E-state index < -0.39 is 0 Å². The molecule has 0 aromatic heterocycles. The largest absolute Gasteiger partial charge is 0.493 e. The molecule has 126 valence electrons. The summed E-state index contributed by atoms with van der Waals surface area (Å²) >= 11 is 0. The summed E-state index contributed by atoms with van der Waals surface area (Å²) in [6.45, 7) is 1.30. The molecule has 1 spiro atoms. The number of carbonyl (C=O) groups excluding carboxylic acids is 1. The van der Waals surface area contributed by atoms with Crippen molar-refractivity contribution in [2.24, 2.45) is 5.41 Å². The van der Waals surface area contributed by atoms with E-state index in [1.54, 1.807) is 14.2 Å². The highest BCUT2D eigenvalue weighted by molar-refractivity contribution is 6.05. The van der Waals surface area contributed by atoms with Crippen LogP contribution in [0, 0.1) is 5.41 Å². The Morgan fingerprint density at radius 3 is 2.65 bits per heavy atom. The Labute approximate surface area is 138 Å². The molecule has 23 heavy (non-hydrogen) atoms. The van der Waals surface area contributed by atoms with Crippen LogP contribution in [-0.4, -0.2) is 39.3 Å². The molecule has 0 saturated heterocycles. The molecule has 1 fully saturated rings. The molecule has 0 radical (unpaired) electrons.